The summed E-state index contributed by atoms with van der Waals surface area (Å²) < 4.78 is 65.4. The van der Waals surface area contributed by atoms with Crippen molar-refractivity contribution in [2.45, 2.75) is 37.8 Å². The van der Waals surface area contributed by atoms with Gasteiger partial charge in [-0.25, -0.2) is 17.9 Å². The molecule has 0 bridgehead atoms. The number of hydrogen-bond donors (Lipinski definition) is 3. The zero-order valence-electron chi connectivity index (χ0n) is 19.7. The van der Waals surface area contributed by atoms with Crippen molar-refractivity contribution in [2.75, 3.05) is 38.0 Å². The second-order valence-corrected chi connectivity index (χ2v) is 10.4. The fourth-order valence-electron chi connectivity index (χ4n) is 3.96. The summed E-state index contributed by atoms with van der Waals surface area (Å²) in [7, 11) is -3.88. The molecule has 0 saturated carbocycles. The number of aromatic nitrogens is 1. The maximum absolute atomic E-state index is 12.7. The van der Waals surface area contributed by atoms with E-state index in [1.165, 1.54) is 0 Å². The number of urea groups is 1. The predicted molar refractivity (Wildman–Crippen MR) is 127 cm³/mol. The number of hydrogen-bond acceptors (Lipinski definition) is 5. The van der Waals surface area contributed by atoms with Crippen LogP contribution in [-0.2, 0) is 16.2 Å². The van der Waals surface area contributed by atoms with Gasteiger partial charge in [-0.3, -0.25) is 4.98 Å². The Bertz CT molecular complexity index is 1100. The topological polar surface area (TPSA) is 103 Å². The van der Waals surface area contributed by atoms with Gasteiger partial charge in [-0.1, -0.05) is 0 Å². The van der Waals surface area contributed by atoms with Crippen LogP contribution in [-0.4, -0.2) is 57.1 Å². The van der Waals surface area contributed by atoms with Gasteiger partial charge in [0.1, 0.15) is 0 Å². The van der Waals surface area contributed by atoms with E-state index in [0.29, 0.717) is 18.8 Å². The third-order valence-electron chi connectivity index (χ3n) is 5.81. The van der Waals surface area contributed by atoms with E-state index in [9.17, 15) is 26.4 Å². The minimum absolute atomic E-state index is 0.130. The van der Waals surface area contributed by atoms with Gasteiger partial charge in [0.2, 0.25) is 10.0 Å². The van der Waals surface area contributed by atoms with Gasteiger partial charge < -0.3 is 15.5 Å². The Morgan fingerprint density at radius 1 is 1.09 bits per heavy atom. The van der Waals surface area contributed by atoms with Gasteiger partial charge in [0.25, 0.3) is 0 Å². The first kappa shape index (κ1) is 26.9. The second kappa shape index (κ2) is 11.4. The highest BCUT2D eigenvalue weighted by molar-refractivity contribution is 7.89. The lowest BCUT2D eigenvalue weighted by atomic mass is 9.97. The van der Waals surface area contributed by atoms with Crippen molar-refractivity contribution in [2.24, 2.45) is 5.92 Å². The van der Waals surface area contributed by atoms with Gasteiger partial charge in [-0.05, 0) is 82.1 Å². The Morgan fingerprint density at radius 2 is 1.69 bits per heavy atom. The van der Waals surface area contributed by atoms with Gasteiger partial charge in [0.05, 0.1) is 10.5 Å². The van der Waals surface area contributed by atoms with Crippen molar-refractivity contribution < 1.29 is 26.4 Å². The van der Waals surface area contributed by atoms with Crippen molar-refractivity contribution in [3.63, 3.8) is 0 Å². The summed E-state index contributed by atoms with van der Waals surface area (Å²) in [5.74, 6) is 0.130. The predicted octanol–water partition coefficient (Wildman–Crippen LogP) is 3.53. The monoisotopic (exact) mass is 513 g/mol. The maximum Gasteiger partial charge on any atom is 0.416 e. The molecule has 0 spiro atoms. The Kier molecular flexibility index (Phi) is 8.73. The minimum Gasteiger partial charge on any atom is -0.337 e. The Morgan fingerprint density at radius 3 is 2.26 bits per heavy atom. The molecule has 0 atom stereocenters. The summed E-state index contributed by atoms with van der Waals surface area (Å²) >= 11 is 0. The zero-order valence-corrected chi connectivity index (χ0v) is 20.5. The SMILES string of the molecule is Cc1cc(NC(=O)NCCN2CCC(CNS(=O)(=O)c3ccc(C(F)(F)F)cc3)CC2)cc(C)n1. The van der Waals surface area contributed by atoms with E-state index < -0.39 is 21.8 Å². The van der Waals surface area contributed by atoms with Crippen LogP contribution in [0.25, 0.3) is 0 Å². The van der Waals surface area contributed by atoms with Gasteiger partial charge in [-0.15, -0.1) is 0 Å². The molecule has 192 valence electrons. The number of aryl methyl sites for hydroxylation is 2. The number of likely N-dealkylation sites (tertiary alicyclic amines) is 1. The maximum atomic E-state index is 12.7. The molecule has 3 N–H and O–H groups in total. The van der Waals surface area contributed by atoms with E-state index in [1.54, 1.807) is 12.1 Å². The van der Waals surface area contributed by atoms with E-state index in [4.69, 9.17) is 0 Å². The number of nitrogens with one attached hydrogen (secondary N) is 3. The van der Waals surface area contributed by atoms with E-state index in [1.807, 2.05) is 13.8 Å². The van der Waals surface area contributed by atoms with E-state index in [-0.39, 0.29) is 23.4 Å². The molecule has 2 amide bonds. The van der Waals surface area contributed by atoms with Crippen molar-refractivity contribution in [1.29, 1.82) is 0 Å². The van der Waals surface area contributed by atoms with Gasteiger partial charge in [0, 0.05) is 36.7 Å². The standard InChI is InChI=1S/C23H30F3N5O3S/c1-16-13-20(14-17(2)29-16)30-22(32)27-9-12-31-10-7-18(8-11-31)15-28-35(33,34)21-5-3-19(4-6-21)23(24,25)26/h3-6,13-14,18,28H,7-12,15H2,1-2H3,(H2,27,29,30,32). The molecule has 3 rings (SSSR count). The minimum atomic E-state index is -4.51. The summed E-state index contributed by atoms with van der Waals surface area (Å²) in [4.78, 5) is 18.4. The number of alkyl halides is 3. The number of nitrogens with zero attached hydrogens (tertiary/aromatic N) is 2. The van der Waals surface area contributed by atoms with Crippen LogP contribution in [0.5, 0.6) is 0 Å². The fourth-order valence-corrected chi connectivity index (χ4v) is 5.07. The number of carbonyl (C=O) groups excluding carboxylic acids is 1. The lowest BCUT2D eigenvalue weighted by Gasteiger charge is -2.32. The molecule has 1 aliphatic heterocycles. The van der Waals surface area contributed by atoms with Gasteiger partial charge in [-0.2, -0.15) is 13.2 Å². The van der Waals surface area contributed by atoms with Crippen LogP contribution in [0.4, 0.5) is 23.7 Å². The lowest BCUT2D eigenvalue weighted by molar-refractivity contribution is -0.137. The Labute approximate surface area is 203 Å². The van der Waals surface area contributed by atoms with Gasteiger partial charge >= 0.3 is 12.2 Å². The molecule has 12 heteroatoms. The van der Waals surface area contributed by atoms with E-state index in [2.05, 4.69) is 25.2 Å². The first-order valence-electron chi connectivity index (χ1n) is 11.3. The molecule has 1 aliphatic rings. The van der Waals surface area contributed by atoms with Crippen LogP contribution >= 0.6 is 0 Å². The van der Waals surface area contributed by atoms with Crippen LogP contribution in [0.3, 0.4) is 0 Å². The van der Waals surface area contributed by atoms with Crippen molar-refractivity contribution in [3.05, 3.63) is 53.3 Å². The van der Waals surface area contributed by atoms with Crippen molar-refractivity contribution in [3.8, 4) is 0 Å². The summed E-state index contributed by atoms with van der Waals surface area (Å²) in [5.41, 5.74) is 1.44. The fraction of sp³-hybridized carbons (Fsp3) is 0.478. The average molecular weight is 514 g/mol. The van der Waals surface area contributed by atoms with Crippen LogP contribution < -0.4 is 15.4 Å². The molecule has 1 fully saturated rings. The third kappa shape index (κ3) is 8.18. The Hall–Kier alpha value is -2.70. The molecular weight excluding hydrogens is 483 g/mol. The molecule has 0 unspecified atom stereocenters. The zero-order chi connectivity index (χ0) is 25.6. The molecule has 2 heterocycles. The first-order chi connectivity index (χ1) is 16.4. The summed E-state index contributed by atoms with van der Waals surface area (Å²) in [6.45, 7) is 6.62. The highest BCUT2D eigenvalue weighted by Gasteiger charge is 2.30. The molecule has 1 saturated heterocycles. The number of amides is 2. The molecular formula is C23H30F3N5O3S. The molecule has 35 heavy (non-hydrogen) atoms. The number of halogens is 3. The summed E-state index contributed by atoms with van der Waals surface area (Å²) in [6.07, 6.45) is -2.96. The summed E-state index contributed by atoms with van der Waals surface area (Å²) in [6, 6.07) is 6.76. The van der Waals surface area contributed by atoms with Crippen LogP contribution in [0.1, 0.15) is 29.8 Å². The number of anilines is 1. The largest absolute Gasteiger partial charge is 0.416 e. The van der Waals surface area contributed by atoms with Crippen molar-refractivity contribution >= 4 is 21.7 Å². The number of sulfonamides is 1. The molecule has 1 aromatic heterocycles. The second-order valence-electron chi connectivity index (χ2n) is 8.68. The average Bonchev–Trinajstić information content (AvgIpc) is 2.77. The molecule has 8 nitrogen and oxygen atoms in total. The molecule has 1 aromatic carbocycles. The molecule has 0 radical (unpaired) electrons. The van der Waals surface area contributed by atoms with Crippen molar-refractivity contribution in [1.82, 2.24) is 19.9 Å². The summed E-state index contributed by atoms with van der Waals surface area (Å²) in [5, 5.41) is 5.62. The van der Waals surface area contributed by atoms with Crippen LogP contribution in [0.2, 0.25) is 0 Å². The van der Waals surface area contributed by atoms with E-state index in [0.717, 1.165) is 61.6 Å². The first-order valence-corrected chi connectivity index (χ1v) is 12.8. The van der Waals surface area contributed by atoms with E-state index >= 15 is 0 Å². The van der Waals surface area contributed by atoms with Crippen LogP contribution in [0.15, 0.2) is 41.3 Å². The molecule has 0 aliphatic carbocycles. The number of rotatable bonds is 8. The molecule has 2 aromatic rings. The smallest absolute Gasteiger partial charge is 0.337 e. The van der Waals surface area contributed by atoms with Crippen LogP contribution in [0, 0.1) is 19.8 Å². The quantitative estimate of drug-likeness (QED) is 0.501. The number of piperidine rings is 1. The number of pyridine rings is 1. The third-order valence-corrected chi connectivity index (χ3v) is 7.25. The van der Waals surface area contributed by atoms with Gasteiger partial charge in [0.15, 0.2) is 0 Å². The normalized spacial score (nSPS) is 15.7. The number of carbonyl (C=O) groups is 1. The lowest BCUT2D eigenvalue weighted by Crippen LogP contribution is -2.42. The Balaban J connectivity index is 1.36. The highest BCUT2D eigenvalue weighted by Crippen LogP contribution is 2.29. The highest BCUT2D eigenvalue weighted by atomic mass is 32.2. The number of benzene rings is 1.